The van der Waals surface area contributed by atoms with Crippen molar-refractivity contribution < 1.29 is 28.8 Å². The highest BCUT2D eigenvalue weighted by Crippen LogP contribution is 2.31. The molecule has 1 aliphatic rings. The van der Waals surface area contributed by atoms with Crippen molar-refractivity contribution in [2.75, 3.05) is 38.7 Å². The van der Waals surface area contributed by atoms with Crippen LogP contribution >= 0.6 is 0 Å². The number of anilines is 1. The summed E-state index contributed by atoms with van der Waals surface area (Å²) in [4.78, 5) is 43.2. The third-order valence-electron chi connectivity index (χ3n) is 5.40. The van der Waals surface area contributed by atoms with Gasteiger partial charge in [-0.25, -0.2) is 14.4 Å². The molecule has 1 saturated heterocycles. The summed E-state index contributed by atoms with van der Waals surface area (Å²) in [5.41, 5.74) is 1.69. The number of carbonyl (C=O) groups is 2. The Morgan fingerprint density at radius 1 is 1.12 bits per heavy atom. The molecular formula is C24H31N4O6+. The summed E-state index contributed by atoms with van der Waals surface area (Å²) in [7, 11) is 1.29. The lowest BCUT2D eigenvalue weighted by molar-refractivity contribution is -0.736. The van der Waals surface area contributed by atoms with E-state index >= 15 is 0 Å². The maximum absolute atomic E-state index is 12.2. The quantitative estimate of drug-likeness (QED) is 0.404. The minimum atomic E-state index is -0.498. The SMILES string of the molecule is CCNC(=O)N1CCC(Nc2cc(OCC(=O)OCc3ccccc3)ccc2[N+](=O)OC)CC1. The monoisotopic (exact) mass is 471 g/mol. The largest absolute Gasteiger partial charge is 0.482 e. The Bertz CT molecular complexity index is 977. The summed E-state index contributed by atoms with van der Waals surface area (Å²) in [6.07, 6.45) is 1.44. The Kier molecular flexibility index (Phi) is 9.07. The van der Waals surface area contributed by atoms with Crippen LogP contribution in [0.2, 0.25) is 0 Å². The molecule has 0 radical (unpaired) electrons. The van der Waals surface area contributed by atoms with Crippen LogP contribution in [-0.2, 0) is 21.0 Å². The third kappa shape index (κ3) is 7.09. The van der Waals surface area contributed by atoms with Gasteiger partial charge in [-0.1, -0.05) is 30.3 Å². The van der Waals surface area contributed by atoms with E-state index in [0.29, 0.717) is 36.0 Å². The van der Waals surface area contributed by atoms with Gasteiger partial charge in [-0.05, 0) is 31.4 Å². The summed E-state index contributed by atoms with van der Waals surface area (Å²) in [6, 6.07) is 14.2. The van der Waals surface area contributed by atoms with Gasteiger partial charge >= 0.3 is 17.7 Å². The Hall–Kier alpha value is -3.82. The number of nitrogens with one attached hydrogen (secondary N) is 2. The number of esters is 1. The number of carbonyl (C=O) groups excluding carboxylic acids is 2. The Labute approximate surface area is 198 Å². The van der Waals surface area contributed by atoms with Gasteiger partial charge < -0.3 is 25.0 Å². The van der Waals surface area contributed by atoms with Gasteiger partial charge in [0.2, 0.25) is 0 Å². The number of hydrogen-bond donors (Lipinski definition) is 2. The van der Waals surface area contributed by atoms with Crippen molar-refractivity contribution in [3.63, 3.8) is 0 Å². The summed E-state index contributed by atoms with van der Waals surface area (Å²) < 4.78 is 10.8. The van der Waals surface area contributed by atoms with Crippen LogP contribution in [0, 0.1) is 4.91 Å². The van der Waals surface area contributed by atoms with E-state index in [1.807, 2.05) is 37.3 Å². The minimum absolute atomic E-state index is 0.0563. The molecule has 0 spiro atoms. The molecule has 1 heterocycles. The second-order valence-electron chi connectivity index (χ2n) is 7.79. The van der Waals surface area contributed by atoms with Crippen molar-refractivity contribution in [2.45, 2.75) is 32.4 Å². The van der Waals surface area contributed by atoms with Crippen molar-refractivity contribution in [3.8, 4) is 5.75 Å². The van der Waals surface area contributed by atoms with Gasteiger partial charge in [0.25, 0.3) is 4.92 Å². The molecule has 0 aromatic heterocycles. The summed E-state index contributed by atoms with van der Waals surface area (Å²) in [5, 5.41) is 6.16. The van der Waals surface area contributed by atoms with E-state index < -0.39 is 5.97 Å². The zero-order valence-corrected chi connectivity index (χ0v) is 19.5. The van der Waals surface area contributed by atoms with E-state index in [4.69, 9.17) is 14.3 Å². The molecule has 2 aromatic rings. The number of amides is 2. The van der Waals surface area contributed by atoms with Gasteiger partial charge in [0.05, 0.1) is 4.91 Å². The van der Waals surface area contributed by atoms with Gasteiger partial charge in [-0.2, -0.15) is 0 Å². The molecule has 10 nitrogen and oxygen atoms in total. The molecule has 0 saturated carbocycles. The predicted octanol–water partition coefficient (Wildman–Crippen LogP) is 3.39. The van der Waals surface area contributed by atoms with Crippen molar-refractivity contribution in [1.29, 1.82) is 0 Å². The van der Waals surface area contributed by atoms with Crippen LogP contribution in [0.5, 0.6) is 5.75 Å². The highest BCUT2D eigenvalue weighted by molar-refractivity contribution is 5.74. The number of rotatable bonds is 10. The zero-order valence-electron chi connectivity index (χ0n) is 19.5. The molecular weight excluding hydrogens is 440 g/mol. The maximum atomic E-state index is 12.2. The molecule has 0 unspecified atom stereocenters. The fourth-order valence-electron chi connectivity index (χ4n) is 3.61. The fraction of sp³-hybridized carbons (Fsp3) is 0.417. The van der Waals surface area contributed by atoms with Crippen LogP contribution in [0.15, 0.2) is 48.5 Å². The van der Waals surface area contributed by atoms with Gasteiger partial charge in [-0.15, -0.1) is 0 Å². The Morgan fingerprint density at radius 2 is 1.85 bits per heavy atom. The molecule has 0 aliphatic carbocycles. The van der Waals surface area contributed by atoms with E-state index in [-0.39, 0.29) is 31.0 Å². The lowest BCUT2D eigenvalue weighted by atomic mass is 10.0. The highest BCUT2D eigenvalue weighted by atomic mass is 16.8. The molecule has 34 heavy (non-hydrogen) atoms. The summed E-state index contributed by atoms with van der Waals surface area (Å²) in [5.74, 6) is -0.0883. The van der Waals surface area contributed by atoms with Gasteiger partial charge in [-0.3, -0.25) is 0 Å². The highest BCUT2D eigenvalue weighted by Gasteiger charge is 2.27. The van der Waals surface area contributed by atoms with Crippen LogP contribution in [0.4, 0.5) is 16.2 Å². The van der Waals surface area contributed by atoms with Gasteiger partial charge in [0.1, 0.15) is 18.0 Å². The van der Waals surface area contributed by atoms with E-state index in [1.54, 1.807) is 23.1 Å². The summed E-state index contributed by atoms with van der Waals surface area (Å²) >= 11 is 0. The Morgan fingerprint density at radius 3 is 2.53 bits per heavy atom. The van der Waals surface area contributed by atoms with E-state index in [2.05, 4.69) is 10.6 Å². The van der Waals surface area contributed by atoms with E-state index in [0.717, 1.165) is 18.4 Å². The van der Waals surface area contributed by atoms with Gasteiger partial charge in [0.15, 0.2) is 13.7 Å². The first-order chi connectivity index (χ1) is 16.5. The second-order valence-corrected chi connectivity index (χ2v) is 7.79. The summed E-state index contributed by atoms with van der Waals surface area (Å²) in [6.45, 7) is 3.59. The molecule has 2 aromatic carbocycles. The number of hydrogen-bond acceptors (Lipinski definition) is 7. The lowest BCUT2D eigenvalue weighted by Crippen LogP contribution is -2.46. The molecule has 0 atom stereocenters. The molecule has 182 valence electrons. The van der Waals surface area contributed by atoms with Crippen LogP contribution in [0.3, 0.4) is 0 Å². The first-order valence-electron chi connectivity index (χ1n) is 11.3. The molecule has 0 bridgehead atoms. The lowest BCUT2D eigenvalue weighted by Gasteiger charge is -2.32. The average Bonchev–Trinajstić information content (AvgIpc) is 2.87. The standard InChI is InChI=1S/C24H30N4O6/c1-3-25-24(30)27-13-11-19(12-14-27)26-21-15-20(9-10-22(21)28(31)32-2)33-17-23(29)34-16-18-7-5-4-6-8-18/h4-10,15,19H,3,11-14,16-17H2,1-2H3,(H-,25,26,30,31)/p+1. The zero-order chi connectivity index (χ0) is 24.3. The number of benzene rings is 2. The molecule has 10 heteroatoms. The predicted molar refractivity (Wildman–Crippen MR) is 126 cm³/mol. The van der Waals surface area contributed by atoms with E-state index in [1.165, 1.54) is 7.11 Å². The van der Waals surface area contributed by atoms with Crippen molar-refractivity contribution in [2.24, 2.45) is 0 Å². The van der Waals surface area contributed by atoms with E-state index in [9.17, 15) is 14.5 Å². The fourth-order valence-corrected chi connectivity index (χ4v) is 3.61. The van der Waals surface area contributed by atoms with Crippen LogP contribution in [-0.4, -0.2) is 61.2 Å². The van der Waals surface area contributed by atoms with Crippen molar-refractivity contribution in [3.05, 3.63) is 59.0 Å². The first kappa shape index (κ1) is 24.8. The van der Waals surface area contributed by atoms with Crippen LogP contribution < -0.4 is 15.4 Å². The van der Waals surface area contributed by atoms with Gasteiger partial charge in [0, 0.05) is 37.8 Å². The van der Waals surface area contributed by atoms with Crippen molar-refractivity contribution in [1.82, 2.24) is 10.2 Å². The number of ether oxygens (including phenoxy) is 2. The first-order valence-corrected chi connectivity index (χ1v) is 11.3. The number of likely N-dealkylation sites (tertiary alicyclic amines) is 1. The normalized spacial score (nSPS) is 13.6. The molecule has 3 rings (SSSR count). The molecule has 2 N–H and O–H groups in total. The second kappa shape index (κ2) is 12.4. The van der Waals surface area contributed by atoms with Crippen LogP contribution in [0.25, 0.3) is 0 Å². The minimum Gasteiger partial charge on any atom is -0.482 e. The smallest absolute Gasteiger partial charge is 0.344 e. The number of piperidine rings is 1. The maximum Gasteiger partial charge on any atom is 0.344 e. The number of nitrogens with zero attached hydrogens (tertiary/aromatic N) is 2. The molecule has 1 aliphatic heterocycles. The molecule has 1 fully saturated rings. The third-order valence-corrected chi connectivity index (χ3v) is 5.40. The van der Waals surface area contributed by atoms with Crippen LogP contribution in [0.1, 0.15) is 25.3 Å². The van der Waals surface area contributed by atoms with Crippen molar-refractivity contribution >= 4 is 23.4 Å². The number of urea groups is 1. The average molecular weight is 472 g/mol. The Balaban J connectivity index is 1.58. The topological polar surface area (TPSA) is 109 Å². The molecule has 2 amide bonds.